The maximum absolute atomic E-state index is 13.4. The van der Waals surface area contributed by atoms with E-state index in [9.17, 15) is 9.59 Å². The fraction of sp³-hybridized carbons (Fsp3) is 0.227. The molecule has 0 saturated carbocycles. The van der Waals surface area contributed by atoms with E-state index in [1.165, 1.54) is 22.7 Å². The molecule has 0 bridgehead atoms. The van der Waals surface area contributed by atoms with Crippen molar-refractivity contribution in [1.29, 1.82) is 0 Å². The summed E-state index contributed by atoms with van der Waals surface area (Å²) in [6.07, 6.45) is 1.53. The largest absolute Gasteiger partial charge is 0.459 e. The molecule has 30 heavy (non-hydrogen) atoms. The molecule has 1 aliphatic heterocycles. The number of benzene rings is 1. The summed E-state index contributed by atoms with van der Waals surface area (Å²) in [6.45, 7) is 5.38. The number of hydrogen-bond acceptors (Lipinski definition) is 6. The summed E-state index contributed by atoms with van der Waals surface area (Å²) in [5.74, 6) is -0.450. The molecule has 0 amide bonds. The molecule has 5 nitrogen and oxygen atoms in total. The molecule has 3 aromatic rings. The average Bonchev–Trinajstić information content (AvgIpc) is 3.29. The molecule has 0 spiro atoms. The molecule has 8 heteroatoms. The minimum absolute atomic E-state index is 0.195. The zero-order valence-electron chi connectivity index (χ0n) is 16.6. The van der Waals surface area contributed by atoms with E-state index in [4.69, 9.17) is 16.3 Å². The first-order valence-electron chi connectivity index (χ1n) is 9.37. The molecule has 1 aromatic carbocycles. The molecule has 3 heterocycles. The molecule has 0 aliphatic carbocycles. The standard InChI is InChI=1S/C22H19ClN2O3S2/c1-12(2)28-21(27)18-13(3)24-22-25(19(18)16-8-5-9-29-16)20(26)17(30-22)11-14-6-4-7-15(23)10-14/h4-12,19H,1-3H3/b17-11+. The lowest BCUT2D eigenvalue weighted by atomic mass is 10.0. The lowest BCUT2D eigenvalue weighted by Crippen LogP contribution is -2.39. The molecular formula is C22H19ClN2O3S2. The number of hydrogen-bond donors (Lipinski definition) is 0. The van der Waals surface area contributed by atoms with E-state index in [1.54, 1.807) is 43.5 Å². The monoisotopic (exact) mass is 458 g/mol. The van der Waals surface area contributed by atoms with Crippen LogP contribution < -0.4 is 14.9 Å². The van der Waals surface area contributed by atoms with Gasteiger partial charge in [0.2, 0.25) is 0 Å². The normalized spacial score (nSPS) is 16.6. The number of fused-ring (bicyclic) bond motifs is 1. The molecular weight excluding hydrogens is 440 g/mol. The number of carbonyl (C=O) groups is 1. The van der Waals surface area contributed by atoms with Gasteiger partial charge in [-0.3, -0.25) is 9.36 Å². The summed E-state index contributed by atoms with van der Waals surface area (Å²) < 4.78 is 7.60. The maximum atomic E-state index is 13.4. The van der Waals surface area contributed by atoms with Crippen LogP contribution >= 0.6 is 34.3 Å². The predicted molar refractivity (Wildman–Crippen MR) is 121 cm³/mol. The number of thiophene rings is 1. The van der Waals surface area contributed by atoms with Gasteiger partial charge >= 0.3 is 5.97 Å². The Hall–Kier alpha value is -2.48. The van der Waals surface area contributed by atoms with Crippen molar-refractivity contribution in [2.24, 2.45) is 4.99 Å². The SMILES string of the molecule is CC1=C(C(=O)OC(C)C)C(c2cccs2)n2c(s/c(=C/c3cccc(Cl)c3)c2=O)=N1. The molecule has 0 radical (unpaired) electrons. The number of ether oxygens (including phenoxy) is 1. The molecule has 154 valence electrons. The third-order valence-corrected chi connectivity index (χ3v) is 6.69. The molecule has 4 rings (SSSR count). The van der Waals surface area contributed by atoms with Gasteiger partial charge in [-0.15, -0.1) is 11.3 Å². The van der Waals surface area contributed by atoms with Gasteiger partial charge in [-0.1, -0.05) is 41.1 Å². The molecule has 1 unspecified atom stereocenters. The lowest BCUT2D eigenvalue weighted by molar-refractivity contribution is -0.143. The first kappa shape index (κ1) is 20.8. The number of esters is 1. The lowest BCUT2D eigenvalue weighted by Gasteiger charge is -2.24. The number of thiazole rings is 1. The summed E-state index contributed by atoms with van der Waals surface area (Å²) in [6, 6.07) is 10.6. The van der Waals surface area contributed by atoms with Gasteiger partial charge in [0, 0.05) is 9.90 Å². The van der Waals surface area contributed by atoms with Crippen molar-refractivity contribution in [3.63, 3.8) is 0 Å². The van der Waals surface area contributed by atoms with Gasteiger partial charge in [-0.25, -0.2) is 9.79 Å². The fourth-order valence-corrected chi connectivity index (χ4v) is 5.39. The quantitative estimate of drug-likeness (QED) is 0.557. The second-order valence-electron chi connectivity index (χ2n) is 7.11. The number of rotatable bonds is 4. The third kappa shape index (κ3) is 3.93. The second kappa shape index (κ2) is 8.34. The Labute approximate surface area is 186 Å². The van der Waals surface area contributed by atoms with Crippen LogP contribution in [0.2, 0.25) is 5.02 Å². The Morgan fingerprint density at radius 3 is 2.77 bits per heavy atom. The summed E-state index contributed by atoms with van der Waals surface area (Å²) in [5.41, 5.74) is 1.59. The van der Waals surface area contributed by atoms with Crippen LogP contribution in [0, 0.1) is 0 Å². The van der Waals surface area contributed by atoms with Crippen LogP contribution in [0.1, 0.15) is 37.3 Å². The van der Waals surface area contributed by atoms with Crippen molar-refractivity contribution in [3.8, 4) is 0 Å². The first-order chi connectivity index (χ1) is 14.3. The van der Waals surface area contributed by atoms with Crippen LogP contribution in [-0.4, -0.2) is 16.6 Å². The van der Waals surface area contributed by atoms with Crippen molar-refractivity contribution in [2.45, 2.75) is 32.9 Å². The minimum Gasteiger partial charge on any atom is -0.459 e. The first-order valence-corrected chi connectivity index (χ1v) is 11.4. The predicted octanol–water partition coefficient (Wildman–Crippen LogP) is 3.90. The second-order valence-corrected chi connectivity index (χ2v) is 9.53. The van der Waals surface area contributed by atoms with Gasteiger partial charge < -0.3 is 4.74 Å². The van der Waals surface area contributed by atoms with Gasteiger partial charge in [-0.05, 0) is 56.0 Å². The zero-order chi connectivity index (χ0) is 21.4. The summed E-state index contributed by atoms with van der Waals surface area (Å²) in [4.78, 5) is 32.3. The highest BCUT2D eigenvalue weighted by Crippen LogP contribution is 2.33. The molecule has 0 fully saturated rings. The van der Waals surface area contributed by atoms with Gasteiger partial charge in [0.15, 0.2) is 4.80 Å². The summed E-state index contributed by atoms with van der Waals surface area (Å²) in [5, 5.41) is 2.53. The van der Waals surface area contributed by atoms with Crippen molar-refractivity contribution in [2.75, 3.05) is 0 Å². The van der Waals surface area contributed by atoms with E-state index >= 15 is 0 Å². The van der Waals surface area contributed by atoms with Crippen LogP contribution in [0.4, 0.5) is 0 Å². The van der Waals surface area contributed by atoms with Gasteiger partial charge in [0.05, 0.1) is 21.9 Å². The molecule has 0 N–H and O–H groups in total. The highest BCUT2D eigenvalue weighted by molar-refractivity contribution is 7.10. The Kier molecular flexibility index (Phi) is 5.77. The topological polar surface area (TPSA) is 60.7 Å². The van der Waals surface area contributed by atoms with E-state index < -0.39 is 12.0 Å². The van der Waals surface area contributed by atoms with Crippen LogP contribution in [-0.2, 0) is 9.53 Å². The zero-order valence-corrected chi connectivity index (χ0v) is 19.0. The van der Waals surface area contributed by atoms with Crippen LogP contribution in [0.15, 0.2) is 62.8 Å². The van der Waals surface area contributed by atoms with Gasteiger partial charge in [0.1, 0.15) is 6.04 Å². The minimum atomic E-state index is -0.561. The average molecular weight is 459 g/mol. The van der Waals surface area contributed by atoms with Gasteiger partial charge in [0.25, 0.3) is 5.56 Å². The highest BCUT2D eigenvalue weighted by Gasteiger charge is 2.34. The number of nitrogens with zero attached hydrogens (tertiary/aromatic N) is 2. The molecule has 1 atom stereocenters. The van der Waals surface area contributed by atoms with E-state index in [-0.39, 0.29) is 11.7 Å². The Bertz CT molecular complexity index is 1320. The van der Waals surface area contributed by atoms with Crippen molar-refractivity contribution in [3.05, 3.63) is 88.2 Å². The van der Waals surface area contributed by atoms with E-state index in [0.29, 0.717) is 25.6 Å². The summed E-state index contributed by atoms with van der Waals surface area (Å²) >= 11 is 8.87. The fourth-order valence-electron chi connectivity index (χ4n) is 3.32. The molecule has 2 aromatic heterocycles. The molecule has 0 saturated heterocycles. The number of allylic oxidation sites excluding steroid dienone is 1. The Morgan fingerprint density at radius 2 is 2.10 bits per heavy atom. The Morgan fingerprint density at radius 1 is 1.30 bits per heavy atom. The van der Waals surface area contributed by atoms with Crippen molar-refractivity contribution in [1.82, 2.24) is 4.57 Å². The Balaban J connectivity index is 1.93. The number of carbonyl (C=O) groups excluding carboxylic acids is 1. The van der Waals surface area contributed by atoms with Crippen molar-refractivity contribution < 1.29 is 9.53 Å². The van der Waals surface area contributed by atoms with E-state index in [0.717, 1.165) is 10.4 Å². The van der Waals surface area contributed by atoms with Crippen molar-refractivity contribution >= 4 is 46.3 Å². The van der Waals surface area contributed by atoms with E-state index in [1.807, 2.05) is 29.6 Å². The van der Waals surface area contributed by atoms with Crippen LogP contribution in [0.3, 0.4) is 0 Å². The third-order valence-electron chi connectivity index (χ3n) is 4.54. The van der Waals surface area contributed by atoms with Gasteiger partial charge in [-0.2, -0.15) is 0 Å². The van der Waals surface area contributed by atoms with Crippen LogP contribution in [0.5, 0.6) is 0 Å². The van der Waals surface area contributed by atoms with Crippen LogP contribution in [0.25, 0.3) is 6.08 Å². The van der Waals surface area contributed by atoms with E-state index in [2.05, 4.69) is 4.99 Å². The smallest absolute Gasteiger partial charge is 0.338 e. The number of aromatic nitrogens is 1. The maximum Gasteiger partial charge on any atom is 0.338 e. The molecule has 1 aliphatic rings. The number of halogens is 1. The highest BCUT2D eigenvalue weighted by atomic mass is 35.5. The summed E-state index contributed by atoms with van der Waals surface area (Å²) in [7, 11) is 0.